The van der Waals surface area contributed by atoms with E-state index in [1.54, 1.807) is 23.9 Å². The molecule has 0 unspecified atom stereocenters. The van der Waals surface area contributed by atoms with Crippen molar-refractivity contribution in [1.82, 2.24) is 5.32 Å². The lowest BCUT2D eigenvalue weighted by molar-refractivity contribution is -0.136. The predicted molar refractivity (Wildman–Crippen MR) is 69.2 cm³/mol. The van der Waals surface area contributed by atoms with E-state index in [-0.39, 0.29) is 13.0 Å². The molecule has 6 heteroatoms. The van der Waals surface area contributed by atoms with E-state index in [0.29, 0.717) is 5.75 Å². The molecule has 0 spiro atoms. The van der Waals surface area contributed by atoms with Gasteiger partial charge in [-0.1, -0.05) is 0 Å². The molecule has 0 bridgehead atoms. The van der Waals surface area contributed by atoms with E-state index in [1.807, 2.05) is 19.2 Å². The Morgan fingerprint density at radius 3 is 2.72 bits per heavy atom. The van der Waals surface area contributed by atoms with Gasteiger partial charge in [0.2, 0.25) is 0 Å². The zero-order valence-electron chi connectivity index (χ0n) is 10.2. The summed E-state index contributed by atoms with van der Waals surface area (Å²) >= 11 is 1.62. The Bertz CT molecular complexity index is 448. The fourth-order valence-corrected chi connectivity index (χ4v) is 1.91. The molecule has 0 saturated heterocycles. The number of hydrogen-bond acceptors (Lipinski definition) is 4. The first-order valence-corrected chi connectivity index (χ1v) is 6.57. The molecule has 18 heavy (non-hydrogen) atoms. The van der Waals surface area contributed by atoms with Gasteiger partial charge in [0.15, 0.2) is 0 Å². The van der Waals surface area contributed by atoms with Gasteiger partial charge in [-0.05, 0) is 36.9 Å². The van der Waals surface area contributed by atoms with Crippen molar-refractivity contribution >= 4 is 23.8 Å². The summed E-state index contributed by atoms with van der Waals surface area (Å²) in [4.78, 5) is 22.7. The van der Waals surface area contributed by atoms with Crippen LogP contribution >= 0.6 is 11.8 Å². The Morgan fingerprint density at radius 1 is 1.44 bits per heavy atom. The molecule has 0 aliphatic rings. The maximum absolute atomic E-state index is 11.3. The number of thioether (sulfide) groups is 1. The number of carbonyl (C=O) groups is 2. The Kier molecular flexibility index (Phi) is 5.51. The van der Waals surface area contributed by atoms with E-state index in [1.165, 1.54) is 0 Å². The number of amides is 1. The van der Waals surface area contributed by atoms with Crippen LogP contribution in [0, 0.1) is 6.92 Å². The topological polar surface area (TPSA) is 75.6 Å². The summed E-state index contributed by atoms with van der Waals surface area (Å²) in [7, 11) is 0. The first-order chi connectivity index (χ1) is 8.52. The van der Waals surface area contributed by atoms with Gasteiger partial charge in [0.25, 0.3) is 0 Å². The molecular formula is C12H15NO4S. The summed E-state index contributed by atoms with van der Waals surface area (Å²) in [6.45, 7) is 1.98. The van der Waals surface area contributed by atoms with Crippen molar-refractivity contribution in [3.8, 4) is 5.75 Å². The largest absolute Gasteiger partial charge is 0.481 e. The first-order valence-electron chi connectivity index (χ1n) is 5.35. The summed E-state index contributed by atoms with van der Waals surface area (Å²) < 4.78 is 5.02. The summed E-state index contributed by atoms with van der Waals surface area (Å²) in [6.07, 6.45) is 1.20. The summed E-state index contributed by atoms with van der Waals surface area (Å²) in [5.74, 6) is -0.520. The SMILES string of the molecule is CSc1ccc(OC(=O)NCCC(=O)O)cc1C. The summed E-state index contributed by atoms with van der Waals surface area (Å²) in [5, 5.41) is 10.8. The lowest BCUT2D eigenvalue weighted by Crippen LogP contribution is -2.28. The van der Waals surface area contributed by atoms with Crippen LogP contribution in [-0.2, 0) is 4.79 Å². The number of carboxylic acids is 1. The Morgan fingerprint density at radius 2 is 2.17 bits per heavy atom. The van der Waals surface area contributed by atoms with E-state index in [9.17, 15) is 9.59 Å². The number of ether oxygens (including phenoxy) is 1. The first kappa shape index (κ1) is 14.4. The summed E-state index contributed by atoms with van der Waals surface area (Å²) in [5.41, 5.74) is 1.03. The van der Waals surface area contributed by atoms with Crippen molar-refractivity contribution in [1.29, 1.82) is 0 Å². The van der Waals surface area contributed by atoms with Crippen LogP contribution in [0.3, 0.4) is 0 Å². The van der Waals surface area contributed by atoms with Crippen LogP contribution in [0.5, 0.6) is 5.75 Å². The molecule has 0 aliphatic carbocycles. The standard InChI is InChI=1S/C12H15NO4S/c1-8-7-9(3-4-10(8)18-2)17-12(16)13-6-5-11(14)15/h3-4,7H,5-6H2,1-2H3,(H,13,16)(H,14,15). The van der Waals surface area contributed by atoms with Crippen molar-refractivity contribution in [2.24, 2.45) is 0 Å². The van der Waals surface area contributed by atoms with Crippen molar-refractivity contribution in [3.63, 3.8) is 0 Å². The van der Waals surface area contributed by atoms with Gasteiger partial charge in [0.1, 0.15) is 5.75 Å². The molecule has 1 rings (SSSR count). The van der Waals surface area contributed by atoms with Crippen LogP contribution in [0.25, 0.3) is 0 Å². The van der Waals surface area contributed by atoms with Crippen molar-refractivity contribution in [2.75, 3.05) is 12.8 Å². The molecule has 5 nitrogen and oxygen atoms in total. The third kappa shape index (κ3) is 4.67. The predicted octanol–water partition coefficient (Wildman–Crippen LogP) is 2.28. The van der Waals surface area contributed by atoms with Crippen LogP contribution in [0.15, 0.2) is 23.1 Å². The quantitative estimate of drug-likeness (QED) is 0.802. The highest BCUT2D eigenvalue weighted by atomic mass is 32.2. The number of aryl methyl sites for hydroxylation is 1. The van der Waals surface area contributed by atoms with Crippen molar-refractivity contribution in [2.45, 2.75) is 18.2 Å². The van der Waals surface area contributed by atoms with Gasteiger partial charge >= 0.3 is 12.1 Å². The maximum Gasteiger partial charge on any atom is 0.412 e. The van der Waals surface area contributed by atoms with Gasteiger partial charge in [0.05, 0.1) is 6.42 Å². The van der Waals surface area contributed by atoms with E-state index < -0.39 is 12.1 Å². The number of rotatable bonds is 5. The summed E-state index contributed by atoms with van der Waals surface area (Å²) in [6, 6.07) is 5.35. The Balaban J connectivity index is 2.49. The van der Waals surface area contributed by atoms with E-state index in [2.05, 4.69) is 5.32 Å². The molecule has 0 fully saturated rings. The van der Waals surface area contributed by atoms with Crippen LogP contribution in [0.2, 0.25) is 0 Å². The second-order valence-corrected chi connectivity index (χ2v) is 4.44. The normalized spacial score (nSPS) is 9.89. The second-order valence-electron chi connectivity index (χ2n) is 3.59. The minimum absolute atomic E-state index is 0.0516. The van der Waals surface area contributed by atoms with Crippen molar-refractivity contribution < 1.29 is 19.4 Å². The van der Waals surface area contributed by atoms with Crippen LogP contribution in [-0.4, -0.2) is 30.0 Å². The fourth-order valence-electron chi connectivity index (χ4n) is 1.33. The third-order valence-corrected chi connectivity index (χ3v) is 3.08. The van der Waals surface area contributed by atoms with Gasteiger partial charge in [-0.2, -0.15) is 0 Å². The minimum atomic E-state index is -0.963. The molecule has 1 amide bonds. The van der Waals surface area contributed by atoms with Gasteiger partial charge < -0.3 is 15.2 Å². The smallest absolute Gasteiger partial charge is 0.412 e. The number of aliphatic carboxylic acids is 1. The highest BCUT2D eigenvalue weighted by Gasteiger charge is 2.06. The van der Waals surface area contributed by atoms with E-state index >= 15 is 0 Å². The Labute approximate surface area is 110 Å². The average molecular weight is 269 g/mol. The van der Waals surface area contributed by atoms with Crippen LogP contribution < -0.4 is 10.1 Å². The maximum atomic E-state index is 11.3. The van der Waals surface area contributed by atoms with Crippen LogP contribution in [0.4, 0.5) is 4.79 Å². The van der Waals surface area contributed by atoms with Gasteiger partial charge in [0, 0.05) is 11.4 Å². The average Bonchev–Trinajstić information content (AvgIpc) is 2.28. The molecule has 0 heterocycles. The molecule has 0 radical (unpaired) electrons. The lowest BCUT2D eigenvalue weighted by Gasteiger charge is -2.08. The second kappa shape index (κ2) is 6.90. The minimum Gasteiger partial charge on any atom is -0.481 e. The molecule has 0 atom stereocenters. The van der Waals surface area contributed by atoms with Gasteiger partial charge in [-0.3, -0.25) is 4.79 Å². The third-order valence-electron chi connectivity index (χ3n) is 2.19. The van der Waals surface area contributed by atoms with Gasteiger partial charge in [-0.25, -0.2) is 4.79 Å². The zero-order valence-corrected chi connectivity index (χ0v) is 11.0. The number of carboxylic acid groups (broad SMARTS) is 1. The lowest BCUT2D eigenvalue weighted by atomic mass is 10.2. The number of hydrogen-bond donors (Lipinski definition) is 2. The number of nitrogens with one attached hydrogen (secondary N) is 1. The van der Waals surface area contributed by atoms with Crippen LogP contribution in [0.1, 0.15) is 12.0 Å². The number of benzene rings is 1. The molecule has 0 aliphatic heterocycles. The van der Waals surface area contributed by atoms with E-state index in [4.69, 9.17) is 9.84 Å². The molecule has 0 saturated carbocycles. The molecular weight excluding hydrogens is 254 g/mol. The van der Waals surface area contributed by atoms with Crippen molar-refractivity contribution in [3.05, 3.63) is 23.8 Å². The Hall–Kier alpha value is -1.69. The van der Waals surface area contributed by atoms with E-state index in [0.717, 1.165) is 10.5 Å². The molecule has 98 valence electrons. The fraction of sp³-hybridized carbons (Fsp3) is 0.333. The highest BCUT2D eigenvalue weighted by Crippen LogP contribution is 2.24. The number of carbonyl (C=O) groups excluding carboxylic acids is 1. The molecule has 2 N–H and O–H groups in total. The molecule has 0 aromatic heterocycles. The zero-order chi connectivity index (χ0) is 13.5. The van der Waals surface area contributed by atoms with Gasteiger partial charge in [-0.15, -0.1) is 11.8 Å². The monoisotopic (exact) mass is 269 g/mol. The molecule has 1 aromatic rings. The highest BCUT2D eigenvalue weighted by molar-refractivity contribution is 7.98. The molecule has 1 aromatic carbocycles.